The minimum absolute atomic E-state index is 0. The monoisotopic (exact) mass is 324 g/mol. The number of hydrogen-bond donors (Lipinski definition) is 0. The minimum Gasteiger partial charge on any atom is -0.545 e. The van der Waals surface area contributed by atoms with Crippen molar-refractivity contribution >= 4 is 35.1 Å². The molecule has 0 rings (SSSR count). The Morgan fingerprint density at radius 1 is 0.923 bits per heavy atom. The van der Waals surface area contributed by atoms with Gasteiger partial charge in [0.15, 0.2) is 0 Å². The van der Waals surface area contributed by atoms with Crippen LogP contribution in [0.5, 0.6) is 0 Å². The van der Waals surface area contributed by atoms with Crippen molar-refractivity contribution in [1.82, 2.24) is 0 Å². The van der Waals surface area contributed by atoms with E-state index in [1.54, 1.807) is 0 Å². The molecule has 0 aliphatic heterocycles. The van der Waals surface area contributed by atoms with Crippen LogP contribution in [0.4, 0.5) is 0 Å². The standard InChI is InChI=1S/2C3H3ClO2.Cd/c2*4-2-1-3(5)6;/h2*1-2H,(H,5,6);/q;;+2/p-2/b2*2-1+;. The second-order valence-corrected chi connectivity index (χ2v) is 1.73. The second-order valence-electron chi connectivity index (χ2n) is 1.22. The van der Waals surface area contributed by atoms with Gasteiger partial charge in [-0.15, -0.1) is 0 Å². The van der Waals surface area contributed by atoms with Gasteiger partial charge in [-0.05, 0) is 12.2 Å². The van der Waals surface area contributed by atoms with Crippen LogP contribution in [0.25, 0.3) is 0 Å². The summed E-state index contributed by atoms with van der Waals surface area (Å²) in [7, 11) is 0. The summed E-state index contributed by atoms with van der Waals surface area (Å²) in [6.45, 7) is 0. The molecule has 0 atom stereocenters. The van der Waals surface area contributed by atoms with Crippen molar-refractivity contribution in [3.05, 3.63) is 23.2 Å². The normalized spacial score (nSPS) is 8.77. The van der Waals surface area contributed by atoms with Crippen molar-refractivity contribution in [1.29, 1.82) is 0 Å². The third-order valence-electron chi connectivity index (χ3n) is 0.398. The van der Waals surface area contributed by atoms with Crippen LogP contribution in [0.3, 0.4) is 0 Å². The number of carbonyl (C=O) groups excluding carboxylic acids is 2. The average molecular weight is 323 g/mol. The second kappa shape index (κ2) is 14.4. The number of carbonyl (C=O) groups is 2. The zero-order valence-corrected chi connectivity index (χ0v) is 12.0. The summed E-state index contributed by atoms with van der Waals surface area (Å²) in [6.07, 6.45) is 1.48. The summed E-state index contributed by atoms with van der Waals surface area (Å²) in [6, 6.07) is 0. The predicted octanol–water partition coefficient (Wildman–Crippen LogP) is -1.02. The molecule has 0 heterocycles. The quantitative estimate of drug-likeness (QED) is 0.481. The maximum atomic E-state index is 9.32. The fourth-order valence-corrected chi connectivity index (χ4v) is 0.309. The van der Waals surface area contributed by atoms with Gasteiger partial charge < -0.3 is 19.8 Å². The summed E-state index contributed by atoms with van der Waals surface area (Å²) in [4.78, 5) is 18.6. The van der Waals surface area contributed by atoms with Crippen LogP contribution in [0.1, 0.15) is 0 Å². The van der Waals surface area contributed by atoms with Crippen molar-refractivity contribution in [2.75, 3.05) is 0 Å². The molecule has 0 fully saturated rings. The van der Waals surface area contributed by atoms with E-state index in [2.05, 4.69) is 0 Å². The molecule has 0 aliphatic rings. The first-order chi connectivity index (χ1) is 5.54. The van der Waals surface area contributed by atoms with E-state index in [4.69, 9.17) is 23.2 Å². The van der Waals surface area contributed by atoms with Crippen molar-refractivity contribution in [2.24, 2.45) is 0 Å². The Kier molecular flexibility index (Phi) is 20.7. The van der Waals surface area contributed by atoms with Crippen molar-refractivity contribution < 1.29 is 47.1 Å². The molecule has 0 saturated heterocycles. The number of aliphatic carboxylic acids is 2. The molecular formula is C6H4CdCl2O4. The molecule has 7 heteroatoms. The molecular weight excluding hydrogens is 319 g/mol. The number of rotatable bonds is 2. The van der Waals surface area contributed by atoms with E-state index in [1.807, 2.05) is 0 Å². The number of carboxylic acid groups (broad SMARTS) is 2. The molecule has 0 aromatic heterocycles. The van der Waals surface area contributed by atoms with E-state index in [0.717, 1.165) is 23.2 Å². The van der Waals surface area contributed by atoms with E-state index in [-0.39, 0.29) is 27.3 Å². The van der Waals surface area contributed by atoms with Crippen molar-refractivity contribution in [3.63, 3.8) is 0 Å². The third kappa shape index (κ3) is 33.5. The number of carboxylic acids is 2. The summed E-state index contributed by atoms with van der Waals surface area (Å²) >= 11 is 9.59. The minimum atomic E-state index is -1.27. The third-order valence-corrected chi connectivity index (χ3v) is 0.650. The Morgan fingerprint density at radius 2 is 1.15 bits per heavy atom. The van der Waals surface area contributed by atoms with Gasteiger partial charge in [-0.2, -0.15) is 0 Å². The van der Waals surface area contributed by atoms with E-state index in [0.29, 0.717) is 0 Å². The SMILES string of the molecule is O=C([O-])/C=C/Cl.O=C([O-])/C=C/Cl.[Cd+2]. The molecule has 13 heavy (non-hydrogen) atoms. The smallest absolute Gasteiger partial charge is 0.545 e. The maximum absolute atomic E-state index is 9.32. The molecule has 0 aromatic rings. The van der Waals surface area contributed by atoms with Gasteiger partial charge >= 0.3 is 27.3 Å². The van der Waals surface area contributed by atoms with E-state index >= 15 is 0 Å². The van der Waals surface area contributed by atoms with Gasteiger partial charge in [0.1, 0.15) is 0 Å². The first-order valence-corrected chi connectivity index (χ1v) is 3.37. The van der Waals surface area contributed by atoms with Crippen LogP contribution in [0.15, 0.2) is 23.2 Å². The molecule has 0 bridgehead atoms. The topological polar surface area (TPSA) is 80.3 Å². The van der Waals surface area contributed by atoms with Crippen LogP contribution in [0, 0.1) is 0 Å². The van der Waals surface area contributed by atoms with Gasteiger partial charge in [0, 0.05) is 11.1 Å². The predicted molar refractivity (Wildman–Crippen MR) is 40.0 cm³/mol. The molecule has 0 amide bonds. The number of hydrogen-bond acceptors (Lipinski definition) is 4. The Morgan fingerprint density at radius 3 is 1.15 bits per heavy atom. The zero-order valence-electron chi connectivity index (χ0n) is 6.41. The van der Waals surface area contributed by atoms with Gasteiger partial charge in [0.05, 0.1) is 11.9 Å². The van der Waals surface area contributed by atoms with Crippen LogP contribution in [0.2, 0.25) is 0 Å². The maximum Gasteiger partial charge on any atom is 2.00 e. The molecule has 0 N–H and O–H groups in total. The van der Waals surface area contributed by atoms with Gasteiger partial charge in [-0.1, -0.05) is 23.2 Å². The van der Waals surface area contributed by atoms with E-state index in [1.165, 1.54) is 0 Å². The largest absolute Gasteiger partial charge is 2.00 e. The Hall–Kier alpha value is -0.0779. The molecule has 0 aliphatic carbocycles. The van der Waals surface area contributed by atoms with Gasteiger partial charge in [-0.3, -0.25) is 0 Å². The van der Waals surface area contributed by atoms with E-state index < -0.39 is 11.9 Å². The molecule has 68 valence electrons. The summed E-state index contributed by atoms with van der Waals surface area (Å²) < 4.78 is 0. The van der Waals surface area contributed by atoms with E-state index in [9.17, 15) is 19.8 Å². The Balaban J connectivity index is -0.000000143. The van der Waals surface area contributed by atoms with Crippen LogP contribution < -0.4 is 10.2 Å². The summed E-state index contributed by atoms with van der Waals surface area (Å²) in [5, 5.41) is 18.6. The van der Waals surface area contributed by atoms with Gasteiger partial charge in [-0.25, -0.2) is 0 Å². The van der Waals surface area contributed by atoms with Gasteiger partial charge in [0.2, 0.25) is 0 Å². The Labute approximate surface area is 105 Å². The van der Waals surface area contributed by atoms with Crippen LogP contribution >= 0.6 is 23.2 Å². The zero-order chi connectivity index (χ0) is 9.98. The Bertz CT molecular complexity index is 181. The number of halogens is 2. The van der Waals surface area contributed by atoms with Crippen molar-refractivity contribution in [3.8, 4) is 0 Å². The first-order valence-electron chi connectivity index (χ1n) is 2.50. The molecule has 0 radical (unpaired) electrons. The molecule has 0 aromatic carbocycles. The summed E-state index contributed by atoms with van der Waals surface area (Å²) in [5.41, 5.74) is 1.77. The first kappa shape index (κ1) is 18.7. The average Bonchev–Trinajstić information content (AvgIpc) is 1.87. The molecule has 0 spiro atoms. The van der Waals surface area contributed by atoms with Crippen molar-refractivity contribution in [2.45, 2.75) is 0 Å². The van der Waals surface area contributed by atoms with Gasteiger partial charge in [0.25, 0.3) is 0 Å². The van der Waals surface area contributed by atoms with Crippen LogP contribution in [-0.2, 0) is 36.9 Å². The van der Waals surface area contributed by atoms with Crippen LogP contribution in [-0.4, -0.2) is 11.9 Å². The molecule has 0 unspecified atom stereocenters. The fourth-order valence-electron chi connectivity index (χ4n) is 0.103. The summed E-state index contributed by atoms with van der Waals surface area (Å²) in [5.74, 6) is -2.55. The molecule has 4 nitrogen and oxygen atoms in total. The fraction of sp³-hybridized carbons (Fsp3) is 0. The molecule has 0 saturated carbocycles.